The van der Waals surface area contributed by atoms with E-state index in [0.717, 1.165) is 29.8 Å². The first-order chi connectivity index (χ1) is 15.3. The van der Waals surface area contributed by atoms with Crippen molar-refractivity contribution in [1.29, 1.82) is 0 Å². The summed E-state index contributed by atoms with van der Waals surface area (Å²) in [6.07, 6.45) is 5.58. The van der Waals surface area contributed by atoms with E-state index in [2.05, 4.69) is 21.8 Å². The van der Waals surface area contributed by atoms with Gasteiger partial charge in [-0.15, -0.1) is 0 Å². The number of nitrogens with zero attached hydrogens (tertiary/aromatic N) is 2. The average molecular weight is 475 g/mol. The Hall–Kier alpha value is -2.39. The van der Waals surface area contributed by atoms with Crippen LogP contribution in [-0.2, 0) is 29.9 Å². The highest BCUT2D eigenvalue weighted by Crippen LogP contribution is 2.36. The minimum Gasteiger partial charge on any atom is -0.492 e. The number of nitrogens with one attached hydrogen (secondary N) is 1. The van der Waals surface area contributed by atoms with Gasteiger partial charge in [0, 0.05) is 36.8 Å². The normalized spacial score (nSPS) is 18.3. The summed E-state index contributed by atoms with van der Waals surface area (Å²) < 4.78 is 34.5. The number of nitrogens with two attached hydrogens (primary N) is 1. The van der Waals surface area contributed by atoms with Gasteiger partial charge in [-0.3, -0.25) is 0 Å². The van der Waals surface area contributed by atoms with E-state index in [1.54, 1.807) is 11.6 Å². The van der Waals surface area contributed by atoms with Crippen molar-refractivity contribution in [3.05, 3.63) is 76.7 Å². The van der Waals surface area contributed by atoms with Crippen molar-refractivity contribution in [2.45, 2.75) is 36.2 Å². The summed E-state index contributed by atoms with van der Waals surface area (Å²) >= 11 is 6.16. The molecule has 170 valence electrons. The Morgan fingerprint density at radius 3 is 2.88 bits per heavy atom. The van der Waals surface area contributed by atoms with Crippen LogP contribution in [0.15, 0.2) is 60.0 Å². The Bertz CT molecular complexity index is 1200. The smallest absolute Gasteiger partial charge is 0.259 e. The zero-order valence-electron chi connectivity index (χ0n) is 17.9. The minimum absolute atomic E-state index is 0.00775. The molecule has 0 radical (unpaired) electrons. The molecule has 0 bridgehead atoms. The molecule has 2 unspecified atom stereocenters. The number of benzene rings is 2. The van der Waals surface area contributed by atoms with E-state index in [0.29, 0.717) is 5.75 Å². The Labute approximate surface area is 193 Å². The van der Waals surface area contributed by atoms with Gasteiger partial charge in [-0.05, 0) is 60.2 Å². The van der Waals surface area contributed by atoms with Crippen molar-refractivity contribution in [3.8, 4) is 5.75 Å². The summed E-state index contributed by atoms with van der Waals surface area (Å²) in [7, 11) is -1.93. The Balaban J connectivity index is 1.41. The van der Waals surface area contributed by atoms with Crippen LogP contribution in [0.5, 0.6) is 5.75 Å². The van der Waals surface area contributed by atoms with Gasteiger partial charge in [0.2, 0.25) is 0 Å². The van der Waals surface area contributed by atoms with E-state index >= 15 is 0 Å². The molecule has 1 aliphatic carbocycles. The maximum absolute atomic E-state index is 12.3. The molecule has 4 rings (SSSR count). The number of hydrogen-bond acceptors (Lipinski definition) is 5. The van der Waals surface area contributed by atoms with E-state index in [-0.39, 0.29) is 30.1 Å². The zero-order chi connectivity index (χ0) is 22.7. The van der Waals surface area contributed by atoms with Gasteiger partial charge in [0.1, 0.15) is 12.4 Å². The van der Waals surface area contributed by atoms with Crippen LogP contribution in [0.1, 0.15) is 29.0 Å². The summed E-state index contributed by atoms with van der Waals surface area (Å²) in [4.78, 5) is 3.88. The Morgan fingerprint density at radius 2 is 2.12 bits per heavy atom. The van der Waals surface area contributed by atoms with Crippen LogP contribution in [0.3, 0.4) is 0 Å². The van der Waals surface area contributed by atoms with Gasteiger partial charge in [0.25, 0.3) is 10.0 Å². The molecule has 0 spiro atoms. The van der Waals surface area contributed by atoms with E-state index in [1.165, 1.54) is 23.7 Å². The van der Waals surface area contributed by atoms with Crippen LogP contribution >= 0.6 is 11.6 Å². The Morgan fingerprint density at radius 1 is 1.28 bits per heavy atom. The summed E-state index contributed by atoms with van der Waals surface area (Å²) in [5.74, 6) is 0.870. The highest BCUT2D eigenvalue weighted by Gasteiger charge is 2.27. The van der Waals surface area contributed by atoms with Crippen LogP contribution < -0.4 is 15.2 Å². The fraction of sp³-hybridized carbons (Fsp3) is 0.348. The maximum atomic E-state index is 12.3. The number of halogens is 1. The first-order valence-electron chi connectivity index (χ1n) is 10.5. The highest BCUT2D eigenvalue weighted by atomic mass is 35.5. The van der Waals surface area contributed by atoms with Crippen molar-refractivity contribution in [1.82, 2.24) is 14.3 Å². The lowest BCUT2D eigenvalue weighted by atomic mass is 9.76. The lowest BCUT2D eigenvalue weighted by Crippen LogP contribution is -2.34. The third-order valence-corrected chi connectivity index (χ3v) is 7.33. The molecular weight excluding hydrogens is 448 g/mol. The third kappa shape index (κ3) is 5.32. The van der Waals surface area contributed by atoms with Gasteiger partial charge < -0.3 is 15.0 Å². The van der Waals surface area contributed by atoms with E-state index in [9.17, 15) is 8.42 Å². The summed E-state index contributed by atoms with van der Waals surface area (Å²) in [6, 6.07) is 14.0. The SMILES string of the molecule is Cn1cnc(S(=O)(=O)NCCOc2ccc3c(c2)C(Cc2cccc(Cl)c2)C(N)CC3)c1. The van der Waals surface area contributed by atoms with Crippen LogP contribution in [-0.4, -0.2) is 37.2 Å². The van der Waals surface area contributed by atoms with Crippen molar-refractivity contribution in [2.24, 2.45) is 12.8 Å². The molecule has 1 aromatic heterocycles. The van der Waals surface area contributed by atoms with Gasteiger partial charge in [0.15, 0.2) is 5.03 Å². The molecule has 7 nitrogen and oxygen atoms in total. The van der Waals surface area contributed by atoms with Crippen molar-refractivity contribution in [2.75, 3.05) is 13.2 Å². The summed E-state index contributed by atoms with van der Waals surface area (Å²) in [5.41, 5.74) is 10.1. The lowest BCUT2D eigenvalue weighted by Gasteiger charge is -2.32. The molecule has 1 aliphatic rings. The molecule has 2 atom stereocenters. The van der Waals surface area contributed by atoms with Gasteiger partial charge in [-0.25, -0.2) is 18.1 Å². The molecule has 0 saturated heterocycles. The number of fused-ring (bicyclic) bond motifs is 1. The number of rotatable bonds is 8. The molecule has 9 heteroatoms. The van der Waals surface area contributed by atoms with Gasteiger partial charge in [-0.1, -0.05) is 29.8 Å². The third-order valence-electron chi connectivity index (χ3n) is 5.74. The van der Waals surface area contributed by atoms with Gasteiger partial charge in [-0.2, -0.15) is 0 Å². The minimum atomic E-state index is -3.65. The predicted molar refractivity (Wildman–Crippen MR) is 125 cm³/mol. The first kappa shape index (κ1) is 22.8. The molecule has 2 aromatic carbocycles. The summed E-state index contributed by atoms with van der Waals surface area (Å²) in [5, 5.41) is 0.712. The zero-order valence-corrected chi connectivity index (χ0v) is 19.4. The number of aromatic nitrogens is 2. The number of ether oxygens (including phenoxy) is 1. The number of aryl methyl sites for hydroxylation is 2. The molecular formula is C23H27ClN4O3S. The second-order valence-electron chi connectivity index (χ2n) is 8.13. The molecule has 32 heavy (non-hydrogen) atoms. The van der Waals surface area contributed by atoms with Crippen molar-refractivity contribution >= 4 is 21.6 Å². The maximum Gasteiger partial charge on any atom is 0.259 e. The summed E-state index contributed by atoms with van der Waals surface area (Å²) in [6.45, 7) is 0.345. The molecule has 0 amide bonds. The predicted octanol–water partition coefficient (Wildman–Crippen LogP) is 3.03. The van der Waals surface area contributed by atoms with Crippen LogP contribution in [0.4, 0.5) is 0 Å². The fourth-order valence-corrected chi connectivity index (χ4v) is 5.32. The topological polar surface area (TPSA) is 99.2 Å². The molecule has 3 aromatic rings. The fourth-order valence-electron chi connectivity index (χ4n) is 4.12. The van der Waals surface area contributed by atoms with Crippen LogP contribution in [0, 0.1) is 0 Å². The van der Waals surface area contributed by atoms with Crippen LogP contribution in [0.25, 0.3) is 0 Å². The van der Waals surface area contributed by atoms with Crippen molar-refractivity contribution in [3.63, 3.8) is 0 Å². The molecule has 0 saturated carbocycles. The quantitative estimate of drug-likeness (QED) is 0.489. The standard InChI is InChI=1S/C23H27ClN4O3S/c1-28-14-23(26-15-28)32(29,30)27-9-10-31-19-7-5-17-6-8-22(25)21(20(17)13-19)12-16-3-2-4-18(24)11-16/h2-5,7,11,13-15,21-22,27H,6,8-10,12,25H2,1H3. The monoisotopic (exact) mass is 474 g/mol. The van der Waals surface area contributed by atoms with E-state index in [1.807, 2.05) is 30.3 Å². The van der Waals surface area contributed by atoms with Gasteiger partial charge >= 0.3 is 0 Å². The molecule has 3 N–H and O–H groups in total. The molecule has 0 aliphatic heterocycles. The van der Waals surface area contributed by atoms with E-state index < -0.39 is 10.0 Å². The molecule has 0 fully saturated rings. The first-order valence-corrected chi connectivity index (χ1v) is 12.4. The number of hydrogen-bond donors (Lipinski definition) is 2. The number of imidazole rings is 1. The Kier molecular flexibility index (Phi) is 6.85. The largest absolute Gasteiger partial charge is 0.492 e. The van der Waals surface area contributed by atoms with E-state index in [4.69, 9.17) is 22.1 Å². The van der Waals surface area contributed by atoms with Crippen LogP contribution in [0.2, 0.25) is 5.02 Å². The lowest BCUT2D eigenvalue weighted by molar-refractivity contribution is 0.321. The second-order valence-corrected chi connectivity index (χ2v) is 10.3. The van der Waals surface area contributed by atoms with Crippen molar-refractivity contribution < 1.29 is 13.2 Å². The molecule has 1 heterocycles. The average Bonchev–Trinajstić information content (AvgIpc) is 3.21. The van der Waals surface area contributed by atoms with Gasteiger partial charge in [0.05, 0.1) is 6.33 Å². The number of sulfonamides is 1. The highest BCUT2D eigenvalue weighted by molar-refractivity contribution is 7.89. The second kappa shape index (κ2) is 9.62.